The second kappa shape index (κ2) is 7.49. The highest BCUT2D eigenvalue weighted by molar-refractivity contribution is 7.99. The molecular formula is C18H16ClN3S. The van der Waals surface area contributed by atoms with Crippen LogP contribution in [0.3, 0.4) is 0 Å². The minimum atomic E-state index is 0.715. The van der Waals surface area contributed by atoms with Crippen LogP contribution in [0.15, 0.2) is 72.4 Å². The maximum atomic E-state index is 6.01. The lowest BCUT2D eigenvalue weighted by molar-refractivity contribution is 0.849. The predicted molar refractivity (Wildman–Crippen MR) is 96.5 cm³/mol. The minimum Gasteiger partial charge on any atom is -0.274 e. The van der Waals surface area contributed by atoms with Gasteiger partial charge in [-0.05, 0) is 29.8 Å². The largest absolute Gasteiger partial charge is 0.274 e. The number of benzene rings is 2. The Bertz CT molecular complexity index is 782. The number of hydrogen-bond acceptors (Lipinski definition) is 3. The first kappa shape index (κ1) is 15.8. The second-order valence-corrected chi connectivity index (χ2v) is 6.40. The smallest absolute Gasteiger partial charge is 0.196 e. The summed E-state index contributed by atoms with van der Waals surface area (Å²) in [4.78, 5) is 0. The van der Waals surface area contributed by atoms with Crippen LogP contribution in [0.5, 0.6) is 0 Å². The van der Waals surface area contributed by atoms with Crippen molar-refractivity contribution < 1.29 is 0 Å². The summed E-state index contributed by atoms with van der Waals surface area (Å²) in [5.41, 5.74) is 2.22. The quantitative estimate of drug-likeness (QED) is 0.477. The molecule has 1 aromatic heterocycles. The molecule has 0 aliphatic heterocycles. The fraction of sp³-hybridized carbons (Fsp3) is 0.111. The lowest BCUT2D eigenvalue weighted by Crippen LogP contribution is -2.03. The summed E-state index contributed by atoms with van der Waals surface area (Å²) < 4.78 is 2.08. The molecule has 3 aromatic rings. The standard InChI is InChI=1S/C18H16ClN3S/c1-2-12-23-18-21-20-17(13-14-6-4-3-5-7-14)22(18)16-10-8-15(19)9-11-16/h2-11H,1,12-13H2. The summed E-state index contributed by atoms with van der Waals surface area (Å²) in [6.45, 7) is 3.77. The maximum Gasteiger partial charge on any atom is 0.196 e. The molecule has 0 fully saturated rings. The Morgan fingerprint density at radius 3 is 2.48 bits per heavy atom. The molecule has 23 heavy (non-hydrogen) atoms. The van der Waals surface area contributed by atoms with Crippen molar-refractivity contribution in [2.45, 2.75) is 11.6 Å². The van der Waals surface area contributed by atoms with Crippen molar-refractivity contribution in [1.29, 1.82) is 0 Å². The van der Waals surface area contributed by atoms with Gasteiger partial charge in [-0.2, -0.15) is 0 Å². The van der Waals surface area contributed by atoms with E-state index in [-0.39, 0.29) is 0 Å². The van der Waals surface area contributed by atoms with Gasteiger partial charge in [-0.25, -0.2) is 0 Å². The topological polar surface area (TPSA) is 30.7 Å². The zero-order chi connectivity index (χ0) is 16.1. The Morgan fingerprint density at radius 2 is 1.78 bits per heavy atom. The molecule has 0 spiro atoms. The zero-order valence-corrected chi connectivity index (χ0v) is 14.1. The number of hydrogen-bond donors (Lipinski definition) is 0. The van der Waals surface area contributed by atoms with Gasteiger partial charge >= 0.3 is 0 Å². The number of aromatic nitrogens is 3. The van der Waals surface area contributed by atoms with Crippen molar-refractivity contribution in [3.05, 3.63) is 83.7 Å². The average molecular weight is 342 g/mol. The summed E-state index contributed by atoms with van der Waals surface area (Å²) in [7, 11) is 0. The summed E-state index contributed by atoms with van der Waals surface area (Å²) in [6.07, 6.45) is 2.59. The summed E-state index contributed by atoms with van der Waals surface area (Å²) in [6, 6.07) is 18.0. The Morgan fingerprint density at radius 1 is 1.04 bits per heavy atom. The molecule has 116 valence electrons. The molecule has 0 N–H and O–H groups in total. The Balaban J connectivity index is 2.00. The van der Waals surface area contributed by atoms with Gasteiger partial charge in [-0.15, -0.1) is 16.8 Å². The summed E-state index contributed by atoms with van der Waals surface area (Å²) in [5, 5.41) is 10.3. The molecule has 1 heterocycles. The van der Waals surface area contributed by atoms with Gasteiger partial charge in [0.05, 0.1) is 0 Å². The molecule has 0 atom stereocenters. The predicted octanol–water partition coefficient (Wildman–Crippen LogP) is 4.79. The van der Waals surface area contributed by atoms with Crippen LogP contribution < -0.4 is 0 Å². The third-order valence-electron chi connectivity index (χ3n) is 3.32. The maximum absolute atomic E-state index is 6.01. The van der Waals surface area contributed by atoms with Gasteiger partial charge in [0, 0.05) is 22.9 Å². The molecule has 0 aliphatic rings. The average Bonchev–Trinajstić information content (AvgIpc) is 2.97. The van der Waals surface area contributed by atoms with Gasteiger partial charge in [0.1, 0.15) is 5.82 Å². The lowest BCUT2D eigenvalue weighted by Gasteiger charge is -2.10. The van der Waals surface area contributed by atoms with Crippen LogP contribution in [0.2, 0.25) is 5.02 Å². The minimum absolute atomic E-state index is 0.715. The van der Waals surface area contributed by atoms with E-state index in [1.807, 2.05) is 48.5 Å². The van der Waals surface area contributed by atoms with E-state index in [1.54, 1.807) is 11.8 Å². The van der Waals surface area contributed by atoms with Crippen LogP contribution in [0.1, 0.15) is 11.4 Å². The summed E-state index contributed by atoms with van der Waals surface area (Å²) >= 11 is 7.62. The van der Waals surface area contributed by atoms with Crippen LogP contribution >= 0.6 is 23.4 Å². The molecule has 0 bridgehead atoms. The van der Waals surface area contributed by atoms with Crippen molar-refractivity contribution in [2.24, 2.45) is 0 Å². The first-order valence-corrected chi connectivity index (χ1v) is 8.62. The van der Waals surface area contributed by atoms with Gasteiger partial charge in [0.25, 0.3) is 0 Å². The van der Waals surface area contributed by atoms with Crippen molar-refractivity contribution in [2.75, 3.05) is 5.75 Å². The molecule has 0 aliphatic carbocycles. The normalized spacial score (nSPS) is 10.7. The van der Waals surface area contributed by atoms with Gasteiger partial charge < -0.3 is 0 Å². The number of nitrogens with zero attached hydrogens (tertiary/aromatic N) is 3. The van der Waals surface area contributed by atoms with E-state index >= 15 is 0 Å². The van der Waals surface area contributed by atoms with E-state index in [4.69, 9.17) is 11.6 Å². The van der Waals surface area contributed by atoms with Gasteiger partial charge in [0.15, 0.2) is 5.16 Å². The first-order chi connectivity index (χ1) is 11.3. The van der Waals surface area contributed by atoms with Crippen molar-refractivity contribution >= 4 is 23.4 Å². The molecule has 0 radical (unpaired) electrons. The second-order valence-electron chi connectivity index (χ2n) is 4.97. The molecule has 3 nitrogen and oxygen atoms in total. The SMILES string of the molecule is C=CCSc1nnc(Cc2ccccc2)n1-c1ccc(Cl)cc1. The van der Waals surface area contributed by atoms with Gasteiger partial charge in [-0.3, -0.25) is 4.57 Å². The number of rotatable bonds is 6. The Labute approximate surface area is 145 Å². The van der Waals surface area contributed by atoms with E-state index in [1.165, 1.54) is 5.56 Å². The van der Waals surface area contributed by atoms with Crippen LogP contribution in [-0.2, 0) is 6.42 Å². The highest BCUT2D eigenvalue weighted by atomic mass is 35.5. The molecule has 2 aromatic carbocycles. The highest BCUT2D eigenvalue weighted by Gasteiger charge is 2.14. The van der Waals surface area contributed by atoms with Crippen molar-refractivity contribution in [3.63, 3.8) is 0 Å². The fourth-order valence-electron chi connectivity index (χ4n) is 2.27. The Hall–Kier alpha value is -2.04. The lowest BCUT2D eigenvalue weighted by atomic mass is 10.1. The molecule has 0 amide bonds. The van der Waals surface area contributed by atoms with E-state index in [0.29, 0.717) is 5.02 Å². The monoisotopic (exact) mass is 341 g/mol. The van der Waals surface area contributed by atoms with E-state index in [9.17, 15) is 0 Å². The van der Waals surface area contributed by atoms with Crippen LogP contribution in [0, 0.1) is 0 Å². The molecule has 0 unspecified atom stereocenters. The third-order valence-corrected chi connectivity index (χ3v) is 4.50. The molecule has 0 saturated carbocycles. The molecule has 3 rings (SSSR count). The van der Waals surface area contributed by atoms with E-state index < -0.39 is 0 Å². The fourth-order valence-corrected chi connectivity index (χ4v) is 3.10. The van der Waals surface area contributed by atoms with Crippen LogP contribution in [-0.4, -0.2) is 20.5 Å². The third kappa shape index (κ3) is 3.84. The number of thioether (sulfide) groups is 1. The molecule has 0 saturated heterocycles. The van der Waals surface area contributed by atoms with Crippen molar-refractivity contribution in [1.82, 2.24) is 14.8 Å². The first-order valence-electron chi connectivity index (χ1n) is 7.26. The molecule has 5 heteroatoms. The zero-order valence-electron chi connectivity index (χ0n) is 12.5. The van der Waals surface area contributed by atoms with Crippen LogP contribution in [0.4, 0.5) is 0 Å². The Kier molecular flexibility index (Phi) is 5.16. The van der Waals surface area contributed by atoms with Gasteiger partial charge in [0.2, 0.25) is 0 Å². The van der Waals surface area contributed by atoms with Gasteiger partial charge in [-0.1, -0.05) is 59.8 Å². The van der Waals surface area contributed by atoms with E-state index in [2.05, 4.69) is 33.5 Å². The van der Waals surface area contributed by atoms with Crippen LogP contribution in [0.25, 0.3) is 5.69 Å². The summed E-state index contributed by atoms with van der Waals surface area (Å²) in [5.74, 6) is 1.70. The number of halogens is 1. The highest BCUT2D eigenvalue weighted by Crippen LogP contribution is 2.24. The van der Waals surface area contributed by atoms with Crippen molar-refractivity contribution in [3.8, 4) is 5.69 Å². The van der Waals surface area contributed by atoms with E-state index in [0.717, 1.165) is 28.8 Å². The molecular weight excluding hydrogens is 326 g/mol.